The second-order valence-electron chi connectivity index (χ2n) is 6.98. The Kier molecular flexibility index (Phi) is 6.38. The molecule has 138 valence electrons. The Balaban J connectivity index is 1.70. The van der Waals surface area contributed by atoms with Gasteiger partial charge in [-0.2, -0.15) is 0 Å². The largest absolute Gasteiger partial charge is 0.362 e. The van der Waals surface area contributed by atoms with Crippen LogP contribution in [0.2, 0.25) is 10.0 Å². The van der Waals surface area contributed by atoms with Crippen molar-refractivity contribution in [2.45, 2.75) is 44.4 Å². The quantitative estimate of drug-likeness (QED) is 0.619. The molecule has 0 aliphatic heterocycles. The van der Waals surface area contributed by atoms with E-state index in [0.717, 1.165) is 35.8 Å². The van der Waals surface area contributed by atoms with Gasteiger partial charge in [-0.1, -0.05) is 54.6 Å². The maximum Gasteiger partial charge on any atom is 0.171 e. The summed E-state index contributed by atoms with van der Waals surface area (Å²) in [5.74, 6) is 0.729. The summed E-state index contributed by atoms with van der Waals surface area (Å²) in [5.41, 5.74) is 2.32. The fourth-order valence-electron chi connectivity index (χ4n) is 3.69. The Bertz CT molecular complexity index is 788. The minimum absolute atomic E-state index is 0.0668. The number of nitrogens with zero attached hydrogens (tertiary/aromatic N) is 1. The number of hydrogen-bond acceptors (Lipinski definition) is 2. The highest BCUT2D eigenvalue weighted by Gasteiger charge is 2.34. The molecule has 1 saturated carbocycles. The lowest BCUT2D eigenvalue weighted by atomic mass is 9.69. The predicted molar refractivity (Wildman–Crippen MR) is 114 cm³/mol. The van der Waals surface area contributed by atoms with Crippen molar-refractivity contribution in [1.29, 1.82) is 0 Å². The van der Waals surface area contributed by atoms with Gasteiger partial charge in [0.25, 0.3) is 0 Å². The van der Waals surface area contributed by atoms with Crippen LogP contribution in [0.5, 0.6) is 0 Å². The number of anilines is 1. The van der Waals surface area contributed by atoms with Gasteiger partial charge >= 0.3 is 0 Å². The summed E-state index contributed by atoms with van der Waals surface area (Å²) >= 11 is 17.7. The van der Waals surface area contributed by atoms with Crippen LogP contribution in [-0.2, 0) is 5.41 Å². The lowest BCUT2D eigenvalue weighted by Gasteiger charge is -2.38. The van der Waals surface area contributed by atoms with E-state index in [0.29, 0.717) is 10.1 Å². The van der Waals surface area contributed by atoms with Crippen LogP contribution in [0.3, 0.4) is 0 Å². The van der Waals surface area contributed by atoms with Gasteiger partial charge in [0.2, 0.25) is 0 Å². The number of aryl methyl sites for hydroxylation is 1. The van der Waals surface area contributed by atoms with Crippen LogP contribution in [0.25, 0.3) is 0 Å². The first-order valence-corrected chi connectivity index (χ1v) is 10.1. The molecule has 1 aliphatic carbocycles. The SMILES string of the molecule is Cc1cc(Cl)cnc1NC(=S)NCC1(c2cccc(Cl)c2)CCCCC1. The van der Waals surface area contributed by atoms with Gasteiger partial charge in [0, 0.05) is 23.2 Å². The normalized spacial score (nSPS) is 16.1. The number of aromatic nitrogens is 1. The first-order valence-electron chi connectivity index (χ1n) is 8.92. The van der Waals surface area contributed by atoms with E-state index >= 15 is 0 Å². The number of thiocarbonyl (C=S) groups is 1. The maximum atomic E-state index is 6.25. The van der Waals surface area contributed by atoms with Gasteiger partial charge in [-0.3, -0.25) is 0 Å². The van der Waals surface area contributed by atoms with Gasteiger partial charge in [0.1, 0.15) is 5.82 Å². The van der Waals surface area contributed by atoms with Crippen molar-refractivity contribution < 1.29 is 0 Å². The van der Waals surface area contributed by atoms with Crippen molar-refractivity contribution in [2.75, 3.05) is 11.9 Å². The van der Waals surface area contributed by atoms with E-state index < -0.39 is 0 Å². The Hall–Kier alpha value is -1.36. The zero-order chi connectivity index (χ0) is 18.6. The summed E-state index contributed by atoms with van der Waals surface area (Å²) in [5, 5.41) is 8.57. The van der Waals surface area contributed by atoms with Crippen LogP contribution >= 0.6 is 35.4 Å². The van der Waals surface area contributed by atoms with E-state index in [1.165, 1.54) is 24.8 Å². The fourth-order valence-corrected chi connectivity index (χ4v) is 4.26. The minimum Gasteiger partial charge on any atom is -0.362 e. The molecule has 1 fully saturated rings. The number of hydrogen-bond donors (Lipinski definition) is 2. The van der Waals surface area contributed by atoms with E-state index in [1.807, 2.05) is 25.1 Å². The molecule has 1 heterocycles. The average molecular weight is 408 g/mol. The molecule has 26 heavy (non-hydrogen) atoms. The lowest BCUT2D eigenvalue weighted by Crippen LogP contribution is -2.43. The molecule has 0 radical (unpaired) electrons. The summed E-state index contributed by atoms with van der Waals surface area (Å²) in [4.78, 5) is 4.31. The monoisotopic (exact) mass is 407 g/mol. The molecule has 6 heteroatoms. The Labute approximate surface area is 170 Å². The highest BCUT2D eigenvalue weighted by molar-refractivity contribution is 7.80. The van der Waals surface area contributed by atoms with E-state index in [1.54, 1.807) is 6.20 Å². The minimum atomic E-state index is 0.0668. The highest BCUT2D eigenvalue weighted by Crippen LogP contribution is 2.39. The van der Waals surface area contributed by atoms with E-state index in [-0.39, 0.29) is 5.41 Å². The van der Waals surface area contributed by atoms with Gasteiger partial charge in [-0.15, -0.1) is 0 Å². The third-order valence-electron chi connectivity index (χ3n) is 5.11. The van der Waals surface area contributed by atoms with Crippen LogP contribution in [0.1, 0.15) is 43.2 Å². The second-order valence-corrected chi connectivity index (χ2v) is 8.26. The first kappa shape index (κ1) is 19.4. The molecule has 0 amide bonds. The van der Waals surface area contributed by atoms with Crippen molar-refractivity contribution in [3.8, 4) is 0 Å². The zero-order valence-corrected chi connectivity index (χ0v) is 17.1. The van der Waals surface area contributed by atoms with Gasteiger partial charge in [-0.05, 0) is 61.3 Å². The van der Waals surface area contributed by atoms with Crippen molar-refractivity contribution in [3.05, 3.63) is 57.7 Å². The van der Waals surface area contributed by atoms with E-state index in [4.69, 9.17) is 35.4 Å². The molecule has 2 aromatic rings. The number of nitrogens with one attached hydrogen (secondary N) is 2. The molecule has 0 bridgehead atoms. The molecule has 1 aromatic carbocycles. The zero-order valence-electron chi connectivity index (χ0n) is 14.8. The Morgan fingerprint density at radius 2 is 1.92 bits per heavy atom. The van der Waals surface area contributed by atoms with Crippen molar-refractivity contribution in [1.82, 2.24) is 10.3 Å². The van der Waals surface area contributed by atoms with E-state index in [2.05, 4.69) is 27.8 Å². The average Bonchev–Trinajstić information content (AvgIpc) is 2.63. The molecular formula is C20H23Cl2N3S. The standard InChI is InChI=1S/C20H23Cl2N3S/c1-14-10-17(22)12-23-18(14)25-19(26)24-13-20(8-3-2-4-9-20)15-6-5-7-16(21)11-15/h5-7,10-12H,2-4,8-9,13H2,1H3,(H2,23,24,25,26). The van der Waals surface area contributed by atoms with Gasteiger partial charge in [0.15, 0.2) is 5.11 Å². The van der Waals surface area contributed by atoms with E-state index in [9.17, 15) is 0 Å². The molecular weight excluding hydrogens is 385 g/mol. The Morgan fingerprint density at radius 1 is 1.15 bits per heavy atom. The number of pyridine rings is 1. The molecule has 2 N–H and O–H groups in total. The van der Waals surface area contributed by atoms with Crippen LogP contribution < -0.4 is 10.6 Å². The predicted octanol–water partition coefficient (Wildman–Crippen LogP) is 5.89. The lowest BCUT2D eigenvalue weighted by molar-refractivity contribution is 0.292. The molecule has 1 aliphatic rings. The number of halogens is 2. The summed E-state index contributed by atoms with van der Waals surface area (Å²) in [6, 6.07) is 10.1. The van der Waals surface area contributed by atoms with Gasteiger partial charge < -0.3 is 10.6 Å². The van der Waals surface area contributed by atoms with Crippen molar-refractivity contribution in [2.24, 2.45) is 0 Å². The third kappa shape index (κ3) is 4.67. The van der Waals surface area contributed by atoms with Crippen LogP contribution in [0.15, 0.2) is 36.5 Å². The second kappa shape index (κ2) is 8.55. The smallest absolute Gasteiger partial charge is 0.171 e. The molecule has 3 nitrogen and oxygen atoms in total. The molecule has 0 atom stereocenters. The summed E-state index contributed by atoms with van der Waals surface area (Å²) < 4.78 is 0. The first-order chi connectivity index (χ1) is 12.5. The highest BCUT2D eigenvalue weighted by atomic mass is 35.5. The Morgan fingerprint density at radius 3 is 2.62 bits per heavy atom. The van der Waals surface area contributed by atoms with Crippen molar-refractivity contribution >= 4 is 46.4 Å². The molecule has 3 rings (SSSR count). The number of benzene rings is 1. The summed E-state index contributed by atoms with van der Waals surface area (Å²) in [7, 11) is 0. The van der Waals surface area contributed by atoms with Crippen molar-refractivity contribution in [3.63, 3.8) is 0 Å². The summed E-state index contributed by atoms with van der Waals surface area (Å²) in [6.07, 6.45) is 7.65. The van der Waals surface area contributed by atoms with Crippen LogP contribution in [0.4, 0.5) is 5.82 Å². The molecule has 0 saturated heterocycles. The third-order valence-corrected chi connectivity index (χ3v) is 5.80. The van der Waals surface area contributed by atoms with Crippen LogP contribution in [-0.4, -0.2) is 16.6 Å². The molecule has 1 aromatic heterocycles. The fraction of sp³-hybridized carbons (Fsp3) is 0.400. The topological polar surface area (TPSA) is 37.0 Å². The summed E-state index contributed by atoms with van der Waals surface area (Å²) in [6.45, 7) is 2.74. The molecule has 0 spiro atoms. The molecule has 0 unspecified atom stereocenters. The van der Waals surface area contributed by atoms with Crippen LogP contribution in [0, 0.1) is 6.92 Å². The van der Waals surface area contributed by atoms with Gasteiger partial charge in [-0.25, -0.2) is 4.98 Å². The maximum absolute atomic E-state index is 6.25. The number of rotatable bonds is 4. The van der Waals surface area contributed by atoms with Gasteiger partial charge in [0.05, 0.1) is 5.02 Å².